The van der Waals surface area contributed by atoms with Crippen LogP contribution in [-0.4, -0.2) is 41.8 Å². The molecule has 0 aromatic heterocycles. The van der Waals surface area contributed by atoms with Crippen LogP contribution in [0, 0.1) is 0 Å². The Balaban J connectivity index is 2.52. The highest BCUT2D eigenvalue weighted by Crippen LogP contribution is 2.13. The zero-order chi connectivity index (χ0) is 13.5. The Bertz CT molecular complexity index is 415. The van der Waals surface area contributed by atoms with Crippen molar-refractivity contribution in [2.45, 2.75) is 12.5 Å². The van der Waals surface area contributed by atoms with E-state index in [2.05, 4.69) is 5.32 Å². The van der Waals surface area contributed by atoms with E-state index in [1.165, 1.54) is 7.05 Å². The average Bonchev–Trinajstić information content (AvgIpc) is 2.37. The Morgan fingerprint density at radius 3 is 2.44 bits per heavy atom. The number of amides is 1. The van der Waals surface area contributed by atoms with Crippen molar-refractivity contribution in [2.75, 3.05) is 13.7 Å². The molecule has 1 rings (SSSR count). The molecule has 1 atom stereocenters. The van der Waals surface area contributed by atoms with E-state index in [1.54, 1.807) is 24.3 Å². The highest BCUT2D eigenvalue weighted by atomic mass is 16.5. The molecule has 18 heavy (non-hydrogen) atoms. The molecule has 0 heterocycles. The molecule has 0 aliphatic carbocycles. The summed E-state index contributed by atoms with van der Waals surface area (Å²) in [4.78, 5) is 21.4. The minimum absolute atomic E-state index is 0.0328. The van der Waals surface area contributed by atoms with Gasteiger partial charge in [-0.05, 0) is 17.7 Å². The Hall–Kier alpha value is -2.08. The second-order valence-corrected chi connectivity index (χ2v) is 3.66. The highest BCUT2D eigenvalue weighted by molar-refractivity contribution is 5.77. The van der Waals surface area contributed by atoms with E-state index in [-0.39, 0.29) is 18.9 Å². The van der Waals surface area contributed by atoms with E-state index in [1.807, 2.05) is 0 Å². The maximum absolute atomic E-state index is 10.9. The van der Waals surface area contributed by atoms with E-state index >= 15 is 0 Å². The van der Waals surface area contributed by atoms with Gasteiger partial charge in [0.25, 0.3) is 5.91 Å². The van der Waals surface area contributed by atoms with Crippen molar-refractivity contribution in [1.29, 1.82) is 0 Å². The van der Waals surface area contributed by atoms with E-state index in [0.717, 1.165) is 0 Å². The number of aliphatic hydroxyl groups is 1. The molecule has 6 nitrogen and oxygen atoms in total. The summed E-state index contributed by atoms with van der Waals surface area (Å²) in [7, 11) is 1.52. The summed E-state index contributed by atoms with van der Waals surface area (Å²) < 4.78 is 5.18. The standard InChI is InChI=1S/C12H15NO5/c1-13-11(15)7-18-9-4-2-8(3-5-9)6-10(14)12(16)17/h2-5,10,14H,6-7H2,1H3,(H,13,15)(H,16,17). The predicted octanol–water partition coefficient (Wildman–Crippen LogP) is -0.201. The fourth-order valence-electron chi connectivity index (χ4n) is 1.25. The number of hydrogen-bond donors (Lipinski definition) is 3. The van der Waals surface area contributed by atoms with Crippen molar-refractivity contribution in [1.82, 2.24) is 5.32 Å². The van der Waals surface area contributed by atoms with Gasteiger partial charge >= 0.3 is 5.97 Å². The lowest BCUT2D eigenvalue weighted by Crippen LogP contribution is -2.24. The zero-order valence-electron chi connectivity index (χ0n) is 9.92. The molecule has 6 heteroatoms. The van der Waals surface area contributed by atoms with Crippen molar-refractivity contribution in [3.8, 4) is 5.75 Å². The van der Waals surface area contributed by atoms with Crippen LogP contribution in [0.1, 0.15) is 5.56 Å². The molecule has 1 aromatic rings. The van der Waals surface area contributed by atoms with E-state index < -0.39 is 12.1 Å². The molecule has 3 N–H and O–H groups in total. The average molecular weight is 253 g/mol. The lowest BCUT2D eigenvalue weighted by Gasteiger charge is -2.08. The summed E-state index contributed by atoms with van der Waals surface area (Å²) >= 11 is 0. The van der Waals surface area contributed by atoms with Crippen molar-refractivity contribution >= 4 is 11.9 Å². The lowest BCUT2D eigenvalue weighted by molar-refractivity contribution is -0.146. The second-order valence-electron chi connectivity index (χ2n) is 3.66. The third kappa shape index (κ3) is 4.42. The van der Waals surface area contributed by atoms with Crippen molar-refractivity contribution in [3.05, 3.63) is 29.8 Å². The predicted molar refractivity (Wildman–Crippen MR) is 63.4 cm³/mol. The largest absolute Gasteiger partial charge is 0.484 e. The molecule has 0 spiro atoms. The molecule has 0 aliphatic heterocycles. The summed E-state index contributed by atoms with van der Waals surface area (Å²) in [6.45, 7) is -0.0758. The molecule has 98 valence electrons. The molecule has 1 unspecified atom stereocenters. The van der Waals surface area contributed by atoms with Gasteiger partial charge in [0.1, 0.15) is 5.75 Å². The minimum Gasteiger partial charge on any atom is -0.484 e. The first-order chi connectivity index (χ1) is 8.52. The van der Waals surface area contributed by atoms with E-state index in [0.29, 0.717) is 11.3 Å². The third-order valence-corrected chi connectivity index (χ3v) is 2.29. The Kier molecular flexibility index (Phi) is 5.13. The summed E-state index contributed by atoms with van der Waals surface area (Å²) in [5.74, 6) is -0.984. The van der Waals surface area contributed by atoms with Crippen LogP contribution in [0.5, 0.6) is 5.75 Å². The first-order valence-corrected chi connectivity index (χ1v) is 5.36. The number of rotatable bonds is 6. The fraction of sp³-hybridized carbons (Fsp3) is 0.333. The first kappa shape index (κ1) is 14.0. The quantitative estimate of drug-likeness (QED) is 0.652. The molecule has 0 saturated carbocycles. The van der Waals surface area contributed by atoms with Crippen LogP contribution in [0.4, 0.5) is 0 Å². The monoisotopic (exact) mass is 253 g/mol. The van der Waals surface area contributed by atoms with Crippen LogP contribution in [0.25, 0.3) is 0 Å². The number of carbonyl (C=O) groups excluding carboxylic acids is 1. The Labute approximate surface area is 104 Å². The summed E-state index contributed by atoms with van der Waals surface area (Å²) in [6, 6.07) is 6.52. The third-order valence-electron chi connectivity index (χ3n) is 2.29. The maximum Gasteiger partial charge on any atom is 0.332 e. The normalized spacial score (nSPS) is 11.7. The number of hydrogen-bond acceptors (Lipinski definition) is 4. The molecule has 1 aromatic carbocycles. The molecule has 0 bridgehead atoms. The van der Waals surface area contributed by atoms with Crippen molar-refractivity contribution < 1.29 is 24.5 Å². The smallest absolute Gasteiger partial charge is 0.332 e. The molecule has 0 radical (unpaired) electrons. The molecule has 0 fully saturated rings. The van der Waals surface area contributed by atoms with Crippen LogP contribution in [0.15, 0.2) is 24.3 Å². The number of carboxylic acid groups (broad SMARTS) is 1. The lowest BCUT2D eigenvalue weighted by atomic mass is 10.1. The molecular weight excluding hydrogens is 238 g/mol. The van der Waals surface area contributed by atoms with Gasteiger partial charge in [0.05, 0.1) is 0 Å². The van der Waals surface area contributed by atoms with Gasteiger partial charge in [0, 0.05) is 13.5 Å². The van der Waals surface area contributed by atoms with Crippen molar-refractivity contribution in [3.63, 3.8) is 0 Å². The number of aliphatic hydroxyl groups excluding tert-OH is 1. The van der Waals surface area contributed by atoms with Crippen LogP contribution >= 0.6 is 0 Å². The first-order valence-electron chi connectivity index (χ1n) is 5.36. The number of carboxylic acids is 1. The number of nitrogens with one attached hydrogen (secondary N) is 1. The van der Waals surface area contributed by atoms with Crippen molar-refractivity contribution in [2.24, 2.45) is 0 Å². The topological polar surface area (TPSA) is 95.9 Å². The SMILES string of the molecule is CNC(=O)COc1ccc(CC(O)C(=O)O)cc1. The van der Waals surface area contributed by atoms with E-state index in [9.17, 15) is 14.7 Å². The van der Waals surface area contributed by atoms with Gasteiger partial charge in [-0.3, -0.25) is 4.79 Å². The van der Waals surface area contributed by atoms with Gasteiger partial charge in [-0.1, -0.05) is 12.1 Å². The zero-order valence-corrected chi connectivity index (χ0v) is 9.92. The summed E-state index contributed by atoms with van der Waals surface area (Å²) in [6.07, 6.45) is -1.38. The van der Waals surface area contributed by atoms with Gasteiger partial charge in [-0.25, -0.2) is 4.79 Å². The van der Waals surface area contributed by atoms with Gasteiger partial charge in [0.15, 0.2) is 12.7 Å². The van der Waals surface area contributed by atoms with Gasteiger partial charge < -0.3 is 20.3 Å². The fourth-order valence-corrected chi connectivity index (χ4v) is 1.25. The highest BCUT2D eigenvalue weighted by Gasteiger charge is 2.13. The number of ether oxygens (including phenoxy) is 1. The Morgan fingerprint density at radius 1 is 1.33 bits per heavy atom. The molecule has 0 aliphatic rings. The van der Waals surface area contributed by atoms with Crippen LogP contribution in [0.3, 0.4) is 0 Å². The van der Waals surface area contributed by atoms with Crippen LogP contribution in [-0.2, 0) is 16.0 Å². The number of likely N-dealkylation sites (N-methyl/N-ethyl adjacent to an activating group) is 1. The molecule has 0 saturated heterocycles. The second kappa shape index (κ2) is 6.61. The molecule has 1 amide bonds. The van der Waals surface area contributed by atoms with Gasteiger partial charge in [-0.15, -0.1) is 0 Å². The van der Waals surface area contributed by atoms with E-state index in [4.69, 9.17) is 9.84 Å². The number of carbonyl (C=O) groups is 2. The Morgan fingerprint density at radius 2 is 1.94 bits per heavy atom. The van der Waals surface area contributed by atoms with Gasteiger partial charge in [0.2, 0.25) is 0 Å². The van der Waals surface area contributed by atoms with Crippen LogP contribution < -0.4 is 10.1 Å². The molecular formula is C12H15NO5. The maximum atomic E-state index is 10.9. The minimum atomic E-state index is -1.41. The van der Waals surface area contributed by atoms with Crippen LogP contribution in [0.2, 0.25) is 0 Å². The summed E-state index contributed by atoms with van der Waals surface area (Å²) in [5, 5.41) is 20.1. The van der Waals surface area contributed by atoms with Gasteiger partial charge in [-0.2, -0.15) is 0 Å². The number of benzene rings is 1. The summed E-state index contributed by atoms with van der Waals surface area (Å²) in [5.41, 5.74) is 0.678. The number of aliphatic carboxylic acids is 1.